The molecule has 2 heterocycles. The van der Waals surface area contributed by atoms with Crippen molar-refractivity contribution in [1.29, 1.82) is 0 Å². The molecule has 0 radical (unpaired) electrons. The van der Waals surface area contributed by atoms with Crippen LogP contribution in [0.15, 0.2) is 24.3 Å². The van der Waals surface area contributed by atoms with Crippen molar-refractivity contribution in [2.75, 3.05) is 46.0 Å². The molecule has 0 spiro atoms. The molecule has 0 bridgehead atoms. The predicted octanol–water partition coefficient (Wildman–Crippen LogP) is 0.766. The monoisotopic (exact) mass is 333 g/mol. The Bertz CT molecular complexity index is 526. The molecule has 0 unspecified atom stereocenters. The van der Waals surface area contributed by atoms with Crippen LogP contribution in [-0.2, 0) is 16.1 Å². The third kappa shape index (κ3) is 5.19. The molecule has 1 aromatic rings. The number of nitrogens with one attached hydrogen (secondary N) is 2. The lowest BCUT2D eigenvalue weighted by atomic mass is 10.2. The molecule has 1 amide bonds. The Morgan fingerprint density at radius 3 is 3.04 bits per heavy atom. The molecule has 2 saturated heterocycles. The van der Waals surface area contributed by atoms with Gasteiger partial charge >= 0.3 is 0 Å². The molecule has 132 valence electrons. The van der Waals surface area contributed by atoms with Crippen LogP contribution >= 0.6 is 0 Å². The van der Waals surface area contributed by atoms with E-state index in [4.69, 9.17) is 9.47 Å². The number of nitrogens with zero attached hydrogens (tertiary/aromatic N) is 1. The van der Waals surface area contributed by atoms with Gasteiger partial charge in [-0.3, -0.25) is 9.69 Å². The number of morpholine rings is 1. The van der Waals surface area contributed by atoms with Gasteiger partial charge in [-0.15, -0.1) is 0 Å². The molecular weight excluding hydrogens is 306 g/mol. The van der Waals surface area contributed by atoms with Gasteiger partial charge in [-0.05, 0) is 37.1 Å². The van der Waals surface area contributed by atoms with E-state index in [2.05, 4.69) is 15.5 Å². The van der Waals surface area contributed by atoms with Crippen molar-refractivity contribution in [3.05, 3.63) is 29.8 Å². The van der Waals surface area contributed by atoms with Crippen molar-refractivity contribution in [3.8, 4) is 5.75 Å². The van der Waals surface area contributed by atoms with Crippen LogP contribution in [0.3, 0.4) is 0 Å². The number of hydrogen-bond donors (Lipinski definition) is 2. The van der Waals surface area contributed by atoms with Gasteiger partial charge in [0.05, 0.1) is 19.3 Å². The summed E-state index contributed by atoms with van der Waals surface area (Å²) in [5, 5.41) is 6.21. The van der Waals surface area contributed by atoms with Crippen molar-refractivity contribution >= 4 is 5.91 Å². The second kappa shape index (κ2) is 9.01. The largest absolute Gasteiger partial charge is 0.492 e. The molecule has 6 nitrogen and oxygen atoms in total. The fourth-order valence-corrected chi connectivity index (χ4v) is 3.08. The van der Waals surface area contributed by atoms with Crippen LogP contribution in [0.1, 0.15) is 18.4 Å². The van der Waals surface area contributed by atoms with Gasteiger partial charge in [0, 0.05) is 26.2 Å². The highest BCUT2D eigenvalue weighted by atomic mass is 16.5. The van der Waals surface area contributed by atoms with Gasteiger partial charge in [-0.2, -0.15) is 0 Å². The number of amides is 1. The second-order valence-corrected chi connectivity index (χ2v) is 6.32. The van der Waals surface area contributed by atoms with Crippen LogP contribution in [0.25, 0.3) is 0 Å². The first kappa shape index (κ1) is 17.2. The van der Waals surface area contributed by atoms with Gasteiger partial charge in [0.15, 0.2) is 0 Å². The first-order valence-corrected chi connectivity index (χ1v) is 8.84. The molecule has 0 aliphatic carbocycles. The standard InChI is InChI=1S/C18H27N3O3/c22-18(17-5-2-6-19-17)20-14-15-3-1-4-16(13-15)24-12-9-21-7-10-23-11-8-21/h1,3-4,13,17,19H,2,5-12,14H2,(H,20,22)/t17-/m0/s1. The molecular formula is C18H27N3O3. The Labute approximate surface area is 143 Å². The molecule has 1 atom stereocenters. The molecule has 24 heavy (non-hydrogen) atoms. The van der Waals surface area contributed by atoms with E-state index in [1.165, 1.54) is 0 Å². The summed E-state index contributed by atoms with van der Waals surface area (Å²) in [6.07, 6.45) is 2.00. The predicted molar refractivity (Wildman–Crippen MR) is 92.1 cm³/mol. The number of rotatable bonds is 7. The van der Waals surface area contributed by atoms with Crippen LogP contribution in [0.2, 0.25) is 0 Å². The summed E-state index contributed by atoms with van der Waals surface area (Å²) >= 11 is 0. The smallest absolute Gasteiger partial charge is 0.237 e. The highest BCUT2D eigenvalue weighted by Crippen LogP contribution is 2.14. The number of ether oxygens (including phenoxy) is 2. The first-order valence-electron chi connectivity index (χ1n) is 8.84. The Balaban J connectivity index is 1.40. The maximum Gasteiger partial charge on any atom is 0.237 e. The average molecular weight is 333 g/mol. The van der Waals surface area contributed by atoms with Crippen LogP contribution in [0.4, 0.5) is 0 Å². The summed E-state index contributed by atoms with van der Waals surface area (Å²) in [4.78, 5) is 14.4. The number of hydrogen-bond acceptors (Lipinski definition) is 5. The molecule has 0 aromatic heterocycles. The van der Waals surface area contributed by atoms with Crippen molar-refractivity contribution in [3.63, 3.8) is 0 Å². The highest BCUT2D eigenvalue weighted by molar-refractivity contribution is 5.81. The minimum atomic E-state index is -0.0297. The average Bonchev–Trinajstić information content (AvgIpc) is 3.16. The number of benzene rings is 1. The van der Waals surface area contributed by atoms with Crippen molar-refractivity contribution in [2.24, 2.45) is 0 Å². The van der Waals surface area contributed by atoms with E-state index in [-0.39, 0.29) is 11.9 Å². The lowest BCUT2D eigenvalue weighted by Crippen LogP contribution is -2.40. The fourth-order valence-electron chi connectivity index (χ4n) is 3.08. The van der Waals surface area contributed by atoms with Gasteiger partial charge in [-0.25, -0.2) is 0 Å². The third-order valence-electron chi connectivity index (χ3n) is 4.52. The van der Waals surface area contributed by atoms with Gasteiger partial charge in [0.1, 0.15) is 12.4 Å². The molecule has 0 saturated carbocycles. The van der Waals surface area contributed by atoms with Crippen LogP contribution < -0.4 is 15.4 Å². The Morgan fingerprint density at radius 1 is 1.38 bits per heavy atom. The van der Waals surface area contributed by atoms with Gasteiger partial charge in [0.25, 0.3) is 0 Å². The summed E-state index contributed by atoms with van der Waals surface area (Å²) < 4.78 is 11.2. The summed E-state index contributed by atoms with van der Waals surface area (Å²) in [6, 6.07) is 7.92. The van der Waals surface area contributed by atoms with Gasteiger partial charge in [0.2, 0.25) is 5.91 Å². The maximum absolute atomic E-state index is 12.0. The van der Waals surface area contributed by atoms with E-state index in [9.17, 15) is 4.79 Å². The SMILES string of the molecule is O=C(NCc1cccc(OCCN2CCOCC2)c1)[C@@H]1CCCN1. The lowest BCUT2D eigenvalue weighted by Gasteiger charge is -2.26. The molecule has 1 aromatic carbocycles. The summed E-state index contributed by atoms with van der Waals surface area (Å²) in [5.74, 6) is 0.945. The van der Waals surface area contributed by atoms with Crippen molar-refractivity contribution < 1.29 is 14.3 Å². The molecule has 2 N–H and O–H groups in total. The van der Waals surface area contributed by atoms with Crippen molar-refractivity contribution in [2.45, 2.75) is 25.4 Å². The Kier molecular flexibility index (Phi) is 6.46. The topological polar surface area (TPSA) is 62.8 Å². The van der Waals surface area contributed by atoms with E-state index in [1.807, 2.05) is 24.3 Å². The molecule has 2 aliphatic heterocycles. The molecule has 2 fully saturated rings. The minimum Gasteiger partial charge on any atom is -0.492 e. The Hall–Kier alpha value is -1.63. The van der Waals surface area contributed by atoms with E-state index < -0.39 is 0 Å². The minimum absolute atomic E-state index is 0.0297. The van der Waals surface area contributed by atoms with E-state index in [1.54, 1.807) is 0 Å². The normalized spacial score (nSPS) is 21.6. The maximum atomic E-state index is 12.0. The summed E-state index contributed by atoms with van der Waals surface area (Å²) in [6.45, 7) is 6.63. The highest BCUT2D eigenvalue weighted by Gasteiger charge is 2.21. The molecule has 2 aliphatic rings. The second-order valence-electron chi connectivity index (χ2n) is 6.32. The third-order valence-corrected chi connectivity index (χ3v) is 4.52. The fraction of sp³-hybridized carbons (Fsp3) is 0.611. The zero-order valence-electron chi connectivity index (χ0n) is 14.1. The van der Waals surface area contributed by atoms with E-state index in [0.29, 0.717) is 13.2 Å². The molecule has 3 rings (SSSR count). The van der Waals surface area contributed by atoms with E-state index in [0.717, 1.165) is 63.5 Å². The van der Waals surface area contributed by atoms with Crippen LogP contribution in [-0.4, -0.2) is 62.8 Å². The summed E-state index contributed by atoms with van der Waals surface area (Å²) in [5.41, 5.74) is 1.06. The van der Waals surface area contributed by atoms with Gasteiger partial charge in [-0.1, -0.05) is 12.1 Å². The quantitative estimate of drug-likeness (QED) is 0.772. The molecule has 6 heteroatoms. The van der Waals surface area contributed by atoms with Crippen LogP contribution in [0.5, 0.6) is 5.75 Å². The number of carbonyl (C=O) groups excluding carboxylic acids is 1. The van der Waals surface area contributed by atoms with Crippen molar-refractivity contribution in [1.82, 2.24) is 15.5 Å². The zero-order chi connectivity index (χ0) is 16.6. The number of carbonyl (C=O) groups is 1. The van der Waals surface area contributed by atoms with Gasteiger partial charge < -0.3 is 20.1 Å². The summed E-state index contributed by atoms with van der Waals surface area (Å²) in [7, 11) is 0. The van der Waals surface area contributed by atoms with E-state index >= 15 is 0 Å². The lowest BCUT2D eigenvalue weighted by molar-refractivity contribution is -0.122. The zero-order valence-corrected chi connectivity index (χ0v) is 14.1. The van der Waals surface area contributed by atoms with Crippen LogP contribution in [0, 0.1) is 0 Å². The first-order chi connectivity index (χ1) is 11.8. The Morgan fingerprint density at radius 2 is 2.25 bits per heavy atom.